The highest BCUT2D eigenvalue weighted by Gasteiger charge is 2.05. The molecule has 0 atom stereocenters. The SMILES string of the molecule is Cc1cc(CNC(C)C)cc(Oc2ccc(Br)c(C)c2)n1. The average molecular weight is 349 g/mol. The first-order chi connectivity index (χ1) is 9.94. The summed E-state index contributed by atoms with van der Waals surface area (Å²) in [5.74, 6) is 1.44. The van der Waals surface area contributed by atoms with Gasteiger partial charge in [-0.05, 0) is 49.2 Å². The van der Waals surface area contributed by atoms with Gasteiger partial charge in [-0.1, -0.05) is 29.8 Å². The highest BCUT2D eigenvalue weighted by molar-refractivity contribution is 9.10. The number of ether oxygens (including phenoxy) is 1. The Balaban J connectivity index is 2.17. The Kier molecular flexibility index (Phi) is 5.37. The van der Waals surface area contributed by atoms with Crippen molar-refractivity contribution >= 4 is 15.9 Å². The lowest BCUT2D eigenvalue weighted by Gasteiger charge is -2.11. The molecule has 1 N–H and O–H groups in total. The van der Waals surface area contributed by atoms with Gasteiger partial charge >= 0.3 is 0 Å². The van der Waals surface area contributed by atoms with Crippen LogP contribution >= 0.6 is 15.9 Å². The van der Waals surface area contributed by atoms with Crippen LogP contribution in [-0.2, 0) is 6.54 Å². The van der Waals surface area contributed by atoms with Crippen LogP contribution in [0.15, 0.2) is 34.8 Å². The van der Waals surface area contributed by atoms with Crippen LogP contribution < -0.4 is 10.1 Å². The lowest BCUT2D eigenvalue weighted by atomic mass is 10.2. The third kappa shape index (κ3) is 4.83. The van der Waals surface area contributed by atoms with Crippen molar-refractivity contribution in [1.82, 2.24) is 10.3 Å². The van der Waals surface area contributed by atoms with Crippen molar-refractivity contribution in [3.63, 3.8) is 0 Å². The number of aryl methyl sites for hydroxylation is 2. The second kappa shape index (κ2) is 7.05. The molecular formula is C17H21BrN2O. The fraction of sp³-hybridized carbons (Fsp3) is 0.353. The van der Waals surface area contributed by atoms with Crippen LogP contribution in [0.3, 0.4) is 0 Å². The minimum Gasteiger partial charge on any atom is -0.439 e. The first kappa shape index (κ1) is 16.0. The second-order valence-corrected chi connectivity index (χ2v) is 6.36. The van der Waals surface area contributed by atoms with Crippen LogP contribution in [-0.4, -0.2) is 11.0 Å². The summed E-state index contributed by atoms with van der Waals surface area (Å²) < 4.78 is 6.96. The molecule has 21 heavy (non-hydrogen) atoms. The average Bonchev–Trinajstić information content (AvgIpc) is 2.40. The zero-order chi connectivity index (χ0) is 15.4. The van der Waals surface area contributed by atoms with E-state index in [1.807, 2.05) is 38.1 Å². The van der Waals surface area contributed by atoms with Gasteiger partial charge in [0.15, 0.2) is 0 Å². The van der Waals surface area contributed by atoms with Gasteiger partial charge in [-0.3, -0.25) is 0 Å². The van der Waals surface area contributed by atoms with E-state index in [1.165, 1.54) is 5.56 Å². The van der Waals surface area contributed by atoms with Crippen LogP contribution in [0.2, 0.25) is 0 Å². The van der Waals surface area contributed by atoms with Crippen molar-refractivity contribution in [2.75, 3.05) is 0 Å². The summed E-state index contributed by atoms with van der Waals surface area (Å²) in [6, 6.07) is 10.4. The second-order valence-electron chi connectivity index (χ2n) is 5.50. The van der Waals surface area contributed by atoms with Crippen molar-refractivity contribution in [2.24, 2.45) is 0 Å². The zero-order valence-electron chi connectivity index (χ0n) is 12.9. The minimum atomic E-state index is 0.456. The molecule has 0 unspecified atom stereocenters. The lowest BCUT2D eigenvalue weighted by molar-refractivity contribution is 0.459. The molecule has 112 valence electrons. The largest absolute Gasteiger partial charge is 0.439 e. The molecule has 0 aliphatic rings. The molecule has 0 saturated carbocycles. The molecule has 0 spiro atoms. The normalized spacial score (nSPS) is 11.0. The highest BCUT2D eigenvalue weighted by Crippen LogP contribution is 2.26. The van der Waals surface area contributed by atoms with Gasteiger partial charge in [-0.25, -0.2) is 4.98 Å². The van der Waals surface area contributed by atoms with Crippen molar-refractivity contribution in [1.29, 1.82) is 0 Å². The van der Waals surface area contributed by atoms with Crippen LogP contribution in [0.4, 0.5) is 0 Å². The molecule has 1 heterocycles. The van der Waals surface area contributed by atoms with Crippen LogP contribution in [0, 0.1) is 13.8 Å². The number of pyridine rings is 1. The summed E-state index contributed by atoms with van der Waals surface area (Å²) in [6.07, 6.45) is 0. The van der Waals surface area contributed by atoms with E-state index >= 15 is 0 Å². The van der Waals surface area contributed by atoms with Crippen molar-refractivity contribution in [2.45, 2.75) is 40.3 Å². The number of aromatic nitrogens is 1. The summed E-state index contributed by atoms with van der Waals surface area (Å²) in [5, 5.41) is 3.41. The van der Waals surface area contributed by atoms with Crippen LogP contribution in [0.5, 0.6) is 11.6 Å². The molecule has 0 bridgehead atoms. The van der Waals surface area contributed by atoms with Crippen molar-refractivity contribution in [3.8, 4) is 11.6 Å². The molecule has 0 fully saturated rings. The summed E-state index contributed by atoms with van der Waals surface area (Å²) in [7, 11) is 0. The van der Waals surface area contributed by atoms with Gasteiger partial charge in [0.05, 0.1) is 0 Å². The fourth-order valence-electron chi connectivity index (χ4n) is 1.98. The maximum Gasteiger partial charge on any atom is 0.219 e. The van der Waals surface area contributed by atoms with Gasteiger partial charge in [0.2, 0.25) is 5.88 Å². The smallest absolute Gasteiger partial charge is 0.219 e. The van der Waals surface area contributed by atoms with E-state index in [9.17, 15) is 0 Å². The van der Waals surface area contributed by atoms with E-state index in [4.69, 9.17) is 4.74 Å². The first-order valence-corrected chi connectivity index (χ1v) is 7.88. The number of nitrogens with one attached hydrogen (secondary N) is 1. The maximum atomic E-state index is 5.88. The zero-order valence-corrected chi connectivity index (χ0v) is 14.5. The monoisotopic (exact) mass is 348 g/mol. The summed E-state index contributed by atoms with van der Waals surface area (Å²) in [6.45, 7) is 9.11. The summed E-state index contributed by atoms with van der Waals surface area (Å²) in [5.41, 5.74) is 3.28. The number of nitrogens with zero attached hydrogens (tertiary/aromatic N) is 1. The van der Waals surface area contributed by atoms with E-state index in [0.717, 1.165) is 28.0 Å². The molecule has 4 heteroatoms. The maximum absolute atomic E-state index is 5.88. The van der Waals surface area contributed by atoms with E-state index in [-0.39, 0.29) is 0 Å². The van der Waals surface area contributed by atoms with Crippen LogP contribution in [0.25, 0.3) is 0 Å². The molecule has 0 radical (unpaired) electrons. The summed E-state index contributed by atoms with van der Waals surface area (Å²) >= 11 is 3.49. The number of hydrogen-bond donors (Lipinski definition) is 1. The standard InChI is InChI=1S/C17H21BrN2O/c1-11(2)19-10-14-8-13(4)20-17(9-14)21-15-5-6-16(18)12(3)7-15/h5-9,11,19H,10H2,1-4H3. The molecule has 1 aromatic heterocycles. The van der Waals surface area contributed by atoms with Gasteiger partial charge < -0.3 is 10.1 Å². The topological polar surface area (TPSA) is 34.1 Å². The Labute approximate surface area is 134 Å². The Morgan fingerprint density at radius 2 is 1.95 bits per heavy atom. The molecule has 2 aromatic rings. The van der Waals surface area contributed by atoms with Gasteiger partial charge in [0.1, 0.15) is 5.75 Å². The minimum absolute atomic E-state index is 0.456. The van der Waals surface area contributed by atoms with Gasteiger partial charge in [-0.2, -0.15) is 0 Å². The van der Waals surface area contributed by atoms with Crippen molar-refractivity contribution in [3.05, 3.63) is 51.6 Å². The number of hydrogen-bond acceptors (Lipinski definition) is 3. The molecule has 0 saturated heterocycles. The Bertz CT molecular complexity index is 626. The summed E-state index contributed by atoms with van der Waals surface area (Å²) in [4.78, 5) is 4.45. The van der Waals surface area contributed by atoms with Gasteiger partial charge in [-0.15, -0.1) is 0 Å². The Morgan fingerprint density at radius 1 is 1.19 bits per heavy atom. The fourth-order valence-corrected chi connectivity index (χ4v) is 2.23. The third-order valence-corrected chi connectivity index (χ3v) is 3.95. The third-order valence-electron chi connectivity index (χ3n) is 3.06. The predicted octanol–water partition coefficient (Wildman–Crippen LogP) is 4.75. The highest BCUT2D eigenvalue weighted by atomic mass is 79.9. The van der Waals surface area contributed by atoms with E-state index < -0.39 is 0 Å². The molecule has 0 amide bonds. The molecular weight excluding hydrogens is 328 g/mol. The quantitative estimate of drug-likeness (QED) is 0.846. The van der Waals surface area contributed by atoms with E-state index in [2.05, 4.69) is 46.1 Å². The van der Waals surface area contributed by atoms with Crippen LogP contribution in [0.1, 0.15) is 30.7 Å². The molecule has 2 rings (SSSR count). The lowest BCUT2D eigenvalue weighted by Crippen LogP contribution is -2.21. The predicted molar refractivity (Wildman–Crippen MR) is 89.9 cm³/mol. The Morgan fingerprint density at radius 3 is 2.62 bits per heavy atom. The molecule has 1 aromatic carbocycles. The molecule has 0 aliphatic carbocycles. The van der Waals surface area contributed by atoms with Crippen molar-refractivity contribution < 1.29 is 4.74 Å². The first-order valence-electron chi connectivity index (χ1n) is 7.09. The molecule has 3 nitrogen and oxygen atoms in total. The van der Waals surface area contributed by atoms with Gasteiger partial charge in [0, 0.05) is 28.8 Å². The number of benzene rings is 1. The Hall–Kier alpha value is -1.39. The molecule has 0 aliphatic heterocycles. The number of halogens is 1. The number of rotatable bonds is 5. The van der Waals surface area contributed by atoms with E-state index in [1.54, 1.807) is 0 Å². The van der Waals surface area contributed by atoms with E-state index in [0.29, 0.717) is 11.9 Å². The van der Waals surface area contributed by atoms with Gasteiger partial charge in [0.25, 0.3) is 0 Å².